The number of benzene rings is 1. The summed E-state index contributed by atoms with van der Waals surface area (Å²) in [5.41, 5.74) is 0.254. The SMILES string of the molecule is Cc1nc(Oc2ccc(NC(=O)c3cccn(C)c3=O)cc2)cc(-n2ccnc2C)n1. The Bertz CT molecular complexity index is 1310. The molecule has 0 fully saturated rings. The van der Waals surface area contributed by atoms with E-state index in [0.29, 0.717) is 29.0 Å². The monoisotopic (exact) mass is 416 g/mol. The number of carbonyl (C=O) groups is 1. The highest BCUT2D eigenvalue weighted by atomic mass is 16.5. The third-order valence-corrected chi connectivity index (χ3v) is 4.58. The summed E-state index contributed by atoms with van der Waals surface area (Å²) >= 11 is 0. The molecule has 0 radical (unpaired) electrons. The average Bonchev–Trinajstić information content (AvgIpc) is 3.17. The molecular weight excluding hydrogens is 396 g/mol. The number of amides is 1. The van der Waals surface area contributed by atoms with Gasteiger partial charge in [0.1, 0.15) is 28.8 Å². The Labute approximate surface area is 178 Å². The molecule has 0 saturated heterocycles. The van der Waals surface area contributed by atoms with Gasteiger partial charge in [-0.25, -0.2) is 9.97 Å². The highest BCUT2D eigenvalue weighted by molar-refractivity contribution is 6.04. The molecule has 4 rings (SSSR count). The Morgan fingerprint density at radius 1 is 1.06 bits per heavy atom. The van der Waals surface area contributed by atoms with Crippen LogP contribution in [0.2, 0.25) is 0 Å². The van der Waals surface area contributed by atoms with Crippen molar-refractivity contribution in [2.24, 2.45) is 7.05 Å². The minimum atomic E-state index is -0.471. The van der Waals surface area contributed by atoms with Gasteiger partial charge in [0, 0.05) is 37.4 Å². The van der Waals surface area contributed by atoms with Crippen LogP contribution in [0, 0.1) is 13.8 Å². The Hall–Kier alpha value is -4.27. The number of hydrogen-bond donors (Lipinski definition) is 1. The van der Waals surface area contributed by atoms with E-state index >= 15 is 0 Å². The molecule has 156 valence electrons. The van der Waals surface area contributed by atoms with Crippen LogP contribution in [0.25, 0.3) is 5.82 Å². The van der Waals surface area contributed by atoms with Gasteiger partial charge in [0.2, 0.25) is 5.88 Å². The van der Waals surface area contributed by atoms with Gasteiger partial charge in [-0.15, -0.1) is 0 Å². The smallest absolute Gasteiger partial charge is 0.263 e. The standard InChI is InChI=1S/C22H20N6O3/c1-14-24-19(28-12-10-23-15(28)2)13-20(25-14)31-17-8-6-16(7-9-17)26-21(29)18-5-4-11-27(3)22(18)30/h4-13H,1-3H3,(H,26,29). The van der Waals surface area contributed by atoms with E-state index in [-0.39, 0.29) is 11.1 Å². The quantitative estimate of drug-likeness (QED) is 0.536. The van der Waals surface area contributed by atoms with Gasteiger partial charge in [-0.3, -0.25) is 14.2 Å². The molecule has 3 heterocycles. The van der Waals surface area contributed by atoms with Crippen LogP contribution in [0.5, 0.6) is 11.6 Å². The summed E-state index contributed by atoms with van der Waals surface area (Å²) in [5, 5.41) is 2.72. The lowest BCUT2D eigenvalue weighted by Gasteiger charge is -2.10. The minimum absolute atomic E-state index is 0.0733. The van der Waals surface area contributed by atoms with Crippen molar-refractivity contribution in [3.8, 4) is 17.4 Å². The fourth-order valence-corrected chi connectivity index (χ4v) is 3.02. The van der Waals surface area contributed by atoms with Crippen molar-refractivity contribution in [1.29, 1.82) is 0 Å². The molecule has 0 aliphatic heterocycles. The maximum Gasteiger partial charge on any atom is 0.263 e. The van der Waals surface area contributed by atoms with Crippen molar-refractivity contribution in [2.75, 3.05) is 5.32 Å². The summed E-state index contributed by atoms with van der Waals surface area (Å²) < 4.78 is 9.06. The summed E-state index contributed by atoms with van der Waals surface area (Å²) in [6, 6.07) is 11.7. The number of nitrogens with one attached hydrogen (secondary N) is 1. The molecule has 3 aromatic heterocycles. The molecule has 0 unspecified atom stereocenters. The number of rotatable bonds is 5. The number of anilines is 1. The molecular formula is C22H20N6O3. The number of nitrogens with zero attached hydrogens (tertiary/aromatic N) is 5. The Morgan fingerprint density at radius 3 is 2.55 bits per heavy atom. The van der Waals surface area contributed by atoms with E-state index in [1.807, 2.05) is 17.7 Å². The third kappa shape index (κ3) is 4.35. The van der Waals surface area contributed by atoms with Gasteiger partial charge >= 0.3 is 0 Å². The van der Waals surface area contributed by atoms with E-state index in [1.165, 1.54) is 10.6 Å². The normalized spacial score (nSPS) is 10.7. The van der Waals surface area contributed by atoms with Crippen LogP contribution in [0.4, 0.5) is 5.69 Å². The minimum Gasteiger partial charge on any atom is -0.439 e. The van der Waals surface area contributed by atoms with Crippen molar-refractivity contribution < 1.29 is 9.53 Å². The fourth-order valence-electron chi connectivity index (χ4n) is 3.02. The Kier molecular flexibility index (Phi) is 5.31. The Morgan fingerprint density at radius 2 is 1.84 bits per heavy atom. The molecule has 9 nitrogen and oxygen atoms in total. The zero-order valence-corrected chi connectivity index (χ0v) is 17.2. The molecule has 31 heavy (non-hydrogen) atoms. The lowest BCUT2D eigenvalue weighted by Crippen LogP contribution is -2.26. The van der Waals surface area contributed by atoms with Crippen molar-refractivity contribution in [3.05, 3.63) is 88.6 Å². The second kappa shape index (κ2) is 8.23. The highest BCUT2D eigenvalue weighted by Crippen LogP contribution is 2.23. The highest BCUT2D eigenvalue weighted by Gasteiger charge is 2.12. The topological polar surface area (TPSA) is 104 Å². The van der Waals surface area contributed by atoms with Crippen LogP contribution in [0.3, 0.4) is 0 Å². The van der Waals surface area contributed by atoms with Crippen LogP contribution >= 0.6 is 0 Å². The molecule has 0 aliphatic carbocycles. The molecule has 1 aromatic carbocycles. The zero-order valence-electron chi connectivity index (χ0n) is 17.2. The molecule has 1 N–H and O–H groups in total. The van der Waals surface area contributed by atoms with E-state index in [9.17, 15) is 9.59 Å². The number of ether oxygens (including phenoxy) is 1. The molecule has 0 spiro atoms. The molecule has 0 bridgehead atoms. The van der Waals surface area contributed by atoms with E-state index < -0.39 is 5.91 Å². The predicted octanol–water partition coefficient (Wildman–Crippen LogP) is 3.02. The average molecular weight is 416 g/mol. The summed E-state index contributed by atoms with van der Waals surface area (Å²) in [4.78, 5) is 37.4. The molecule has 4 aromatic rings. The first-order chi connectivity index (χ1) is 14.9. The lowest BCUT2D eigenvalue weighted by molar-refractivity contribution is 0.102. The van der Waals surface area contributed by atoms with E-state index in [4.69, 9.17) is 4.74 Å². The zero-order chi connectivity index (χ0) is 22.0. The summed E-state index contributed by atoms with van der Waals surface area (Å²) in [6.07, 6.45) is 5.11. The molecule has 0 atom stereocenters. The van der Waals surface area contributed by atoms with Crippen LogP contribution in [-0.4, -0.2) is 30.0 Å². The first-order valence-electron chi connectivity index (χ1n) is 9.51. The Balaban J connectivity index is 1.50. The van der Waals surface area contributed by atoms with Crippen LogP contribution < -0.4 is 15.6 Å². The van der Waals surface area contributed by atoms with Gasteiger partial charge in [-0.1, -0.05) is 0 Å². The van der Waals surface area contributed by atoms with E-state index in [2.05, 4.69) is 20.3 Å². The van der Waals surface area contributed by atoms with Crippen LogP contribution in [0.1, 0.15) is 22.0 Å². The number of pyridine rings is 1. The van der Waals surface area contributed by atoms with Gasteiger partial charge < -0.3 is 14.6 Å². The van der Waals surface area contributed by atoms with E-state index in [1.54, 1.807) is 62.8 Å². The van der Waals surface area contributed by atoms with Crippen molar-refractivity contribution in [3.63, 3.8) is 0 Å². The van der Waals surface area contributed by atoms with Crippen molar-refractivity contribution in [2.45, 2.75) is 13.8 Å². The summed E-state index contributed by atoms with van der Waals surface area (Å²) in [6.45, 7) is 3.67. The van der Waals surface area contributed by atoms with Gasteiger partial charge in [-0.05, 0) is 50.2 Å². The second-order valence-corrected chi connectivity index (χ2v) is 6.87. The number of aromatic nitrogens is 5. The van der Waals surface area contributed by atoms with Crippen LogP contribution in [0.15, 0.2) is 65.8 Å². The largest absolute Gasteiger partial charge is 0.439 e. The predicted molar refractivity (Wildman–Crippen MR) is 115 cm³/mol. The number of imidazole rings is 1. The van der Waals surface area contributed by atoms with Crippen molar-refractivity contribution >= 4 is 11.6 Å². The number of carbonyl (C=O) groups excluding carboxylic acids is 1. The summed E-state index contributed by atoms with van der Waals surface area (Å²) in [5.74, 6) is 2.49. The molecule has 9 heteroatoms. The second-order valence-electron chi connectivity index (χ2n) is 6.87. The maximum absolute atomic E-state index is 12.4. The number of aryl methyl sites for hydroxylation is 3. The van der Waals surface area contributed by atoms with Gasteiger partial charge in [0.15, 0.2) is 0 Å². The number of hydrogen-bond acceptors (Lipinski definition) is 6. The maximum atomic E-state index is 12.4. The molecule has 1 amide bonds. The van der Waals surface area contributed by atoms with Gasteiger partial charge in [-0.2, -0.15) is 4.98 Å². The first-order valence-corrected chi connectivity index (χ1v) is 9.51. The van der Waals surface area contributed by atoms with Gasteiger partial charge in [0.25, 0.3) is 11.5 Å². The molecule has 0 aliphatic rings. The van der Waals surface area contributed by atoms with E-state index in [0.717, 1.165) is 5.82 Å². The fraction of sp³-hybridized carbons (Fsp3) is 0.136. The lowest BCUT2D eigenvalue weighted by atomic mass is 10.2. The van der Waals surface area contributed by atoms with Crippen LogP contribution in [-0.2, 0) is 7.05 Å². The molecule has 0 saturated carbocycles. The first kappa shape index (κ1) is 20.0. The van der Waals surface area contributed by atoms with Gasteiger partial charge in [0.05, 0.1) is 0 Å². The van der Waals surface area contributed by atoms with Crippen molar-refractivity contribution in [1.82, 2.24) is 24.1 Å². The third-order valence-electron chi connectivity index (χ3n) is 4.58. The summed E-state index contributed by atoms with van der Waals surface area (Å²) in [7, 11) is 1.60.